The Balaban J connectivity index is 2.28. The Morgan fingerprint density at radius 3 is 2.44 bits per heavy atom. The monoisotopic (exact) mass is 241 g/mol. The normalized spacial score (nSPS) is 13.8. The summed E-state index contributed by atoms with van der Waals surface area (Å²) >= 11 is 0. The molecule has 90 valence electrons. The van der Waals surface area contributed by atoms with Gasteiger partial charge in [0.2, 0.25) is 0 Å². The van der Waals surface area contributed by atoms with Gasteiger partial charge in [0.15, 0.2) is 0 Å². The fourth-order valence-corrected chi connectivity index (χ4v) is 2.05. The number of hydrogen-bond donors (Lipinski definition) is 0. The molecule has 1 aliphatic rings. The van der Waals surface area contributed by atoms with Crippen LogP contribution in [0.25, 0.3) is 6.08 Å². The molecular formula is C14H12FN3. The van der Waals surface area contributed by atoms with E-state index in [1.165, 1.54) is 12.1 Å². The standard InChI is InChI=1S/C14H12FN3/c15-14-8-13(18-5-1-2-6-18)4-3-12(14)7-11(9-16)10-17/h3-4,7-8H,1-2,5-6H2. The molecule has 1 heterocycles. The number of nitriles is 2. The van der Waals surface area contributed by atoms with Crippen molar-refractivity contribution in [2.45, 2.75) is 12.8 Å². The SMILES string of the molecule is N#CC(C#N)=Cc1ccc(N2CCCC2)cc1F. The maximum atomic E-state index is 13.8. The van der Waals surface area contributed by atoms with E-state index < -0.39 is 5.82 Å². The Kier molecular flexibility index (Phi) is 3.60. The summed E-state index contributed by atoms with van der Waals surface area (Å²) in [5, 5.41) is 17.3. The quantitative estimate of drug-likeness (QED) is 0.748. The highest BCUT2D eigenvalue weighted by Crippen LogP contribution is 2.23. The fraction of sp³-hybridized carbons (Fsp3) is 0.286. The van der Waals surface area contributed by atoms with Gasteiger partial charge in [-0.25, -0.2) is 4.39 Å². The summed E-state index contributed by atoms with van der Waals surface area (Å²) in [6.07, 6.45) is 3.54. The first-order valence-electron chi connectivity index (χ1n) is 5.81. The fourth-order valence-electron chi connectivity index (χ4n) is 2.05. The van der Waals surface area contributed by atoms with E-state index in [1.54, 1.807) is 18.2 Å². The second-order valence-electron chi connectivity index (χ2n) is 4.18. The van der Waals surface area contributed by atoms with Crippen molar-refractivity contribution in [2.24, 2.45) is 0 Å². The van der Waals surface area contributed by atoms with E-state index >= 15 is 0 Å². The summed E-state index contributed by atoms with van der Waals surface area (Å²) in [6, 6.07) is 8.34. The number of hydrogen-bond acceptors (Lipinski definition) is 3. The van der Waals surface area contributed by atoms with Crippen LogP contribution in [0, 0.1) is 28.5 Å². The molecule has 0 N–H and O–H groups in total. The molecule has 0 aromatic heterocycles. The van der Waals surface area contributed by atoms with Crippen LogP contribution in [-0.4, -0.2) is 13.1 Å². The van der Waals surface area contributed by atoms with Crippen molar-refractivity contribution in [3.8, 4) is 12.1 Å². The van der Waals surface area contributed by atoms with E-state index in [4.69, 9.17) is 10.5 Å². The summed E-state index contributed by atoms with van der Waals surface area (Å²) in [6.45, 7) is 1.91. The molecule has 1 aliphatic heterocycles. The molecule has 1 saturated heterocycles. The van der Waals surface area contributed by atoms with E-state index in [0.29, 0.717) is 0 Å². The van der Waals surface area contributed by atoms with Gasteiger partial charge >= 0.3 is 0 Å². The first-order chi connectivity index (χ1) is 8.74. The van der Waals surface area contributed by atoms with E-state index in [0.717, 1.165) is 31.6 Å². The minimum Gasteiger partial charge on any atom is -0.371 e. The molecule has 0 spiro atoms. The molecule has 18 heavy (non-hydrogen) atoms. The van der Waals surface area contributed by atoms with E-state index in [1.807, 2.05) is 6.07 Å². The van der Waals surface area contributed by atoms with Crippen molar-refractivity contribution in [2.75, 3.05) is 18.0 Å². The Bertz CT molecular complexity index is 541. The number of rotatable bonds is 2. The second kappa shape index (κ2) is 5.33. The molecule has 1 fully saturated rings. The van der Waals surface area contributed by atoms with Gasteiger partial charge in [-0.15, -0.1) is 0 Å². The van der Waals surface area contributed by atoms with Crippen molar-refractivity contribution in [1.29, 1.82) is 10.5 Å². The minimum atomic E-state index is -0.401. The van der Waals surface area contributed by atoms with Gasteiger partial charge in [0, 0.05) is 24.3 Å². The largest absolute Gasteiger partial charge is 0.371 e. The first kappa shape index (κ1) is 12.1. The van der Waals surface area contributed by atoms with Crippen molar-refractivity contribution >= 4 is 11.8 Å². The molecule has 0 radical (unpaired) electrons. The first-order valence-corrected chi connectivity index (χ1v) is 5.81. The Hall–Kier alpha value is -2.33. The lowest BCUT2D eigenvalue weighted by Crippen LogP contribution is -2.17. The molecule has 1 aromatic rings. The number of anilines is 1. The zero-order valence-electron chi connectivity index (χ0n) is 9.86. The molecule has 0 amide bonds. The summed E-state index contributed by atoms with van der Waals surface area (Å²) in [4.78, 5) is 2.13. The maximum absolute atomic E-state index is 13.8. The van der Waals surface area contributed by atoms with Crippen LogP contribution in [0.1, 0.15) is 18.4 Å². The number of allylic oxidation sites excluding steroid dienone is 1. The molecule has 0 aliphatic carbocycles. The van der Waals surface area contributed by atoms with Gasteiger partial charge in [0.05, 0.1) is 0 Å². The highest BCUT2D eigenvalue weighted by atomic mass is 19.1. The van der Waals surface area contributed by atoms with Crippen LogP contribution < -0.4 is 4.90 Å². The predicted molar refractivity (Wildman–Crippen MR) is 67.1 cm³/mol. The number of halogens is 1. The molecule has 2 rings (SSSR count). The Morgan fingerprint density at radius 2 is 1.89 bits per heavy atom. The van der Waals surface area contributed by atoms with Gasteiger partial charge in [-0.3, -0.25) is 0 Å². The highest BCUT2D eigenvalue weighted by molar-refractivity contribution is 5.64. The average Bonchev–Trinajstić information content (AvgIpc) is 2.91. The molecule has 3 nitrogen and oxygen atoms in total. The van der Waals surface area contributed by atoms with E-state index in [9.17, 15) is 4.39 Å². The summed E-state index contributed by atoms with van der Waals surface area (Å²) in [5.41, 5.74) is 1.04. The van der Waals surface area contributed by atoms with Crippen molar-refractivity contribution in [3.63, 3.8) is 0 Å². The lowest BCUT2D eigenvalue weighted by atomic mass is 10.1. The van der Waals surface area contributed by atoms with Crippen LogP contribution in [0.3, 0.4) is 0 Å². The van der Waals surface area contributed by atoms with E-state index in [2.05, 4.69) is 4.90 Å². The lowest BCUT2D eigenvalue weighted by Gasteiger charge is -2.17. The molecule has 4 heteroatoms. The van der Waals surface area contributed by atoms with Gasteiger partial charge in [0.25, 0.3) is 0 Å². The Morgan fingerprint density at radius 1 is 1.22 bits per heavy atom. The molecule has 0 bridgehead atoms. The molecule has 0 unspecified atom stereocenters. The third kappa shape index (κ3) is 2.49. The van der Waals surface area contributed by atoms with Gasteiger partial charge < -0.3 is 4.90 Å². The molecular weight excluding hydrogens is 229 g/mol. The average molecular weight is 241 g/mol. The summed E-state index contributed by atoms with van der Waals surface area (Å²) in [5.74, 6) is -0.401. The van der Waals surface area contributed by atoms with E-state index in [-0.39, 0.29) is 11.1 Å². The molecule has 1 aromatic carbocycles. The Labute approximate surface area is 105 Å². The highest BCUT2D eigenvalue weighted by Gasteiger charge is 2.13. The zero-order valence-corrected chi connectivity index (χ0v) is 9.86. The predicted octanol–water partition coefficient (Wildman–Crippen LogP) is 2.86. The third-order valence-corrected chi connectivity index (χ3v) is 3.00. The topological polar surface area (TPSA) is 50.8 Å². The van der Waals surface area contributed by atoms with Gasteiger partial charge in [-0.2, -0.15) is 10.5 Å². The van der Waals surface area contributed by atoms with Gasteiger partial charge in [-0.1, -0.05) is 0 Å². The minimum absolute atomic E-state index is 0.0946. The summed E-state index contributed by atoms with van der Waals surface area (Å²) < 4.78 is 13.8. The maximum Gasteiger partial charge on any atom is 0.132 e. The van der Waals surface area contributed by atoms with Crippen molar-refractivity contribution in [1.82, 2.24) is 0 Å². The van der Waals surface area contributed by atoms with Crippen molar-refractivity contribution < 1.29 is 4.39 Å². The second-order valence-corrected chi connectivity index (χ2v) is 4.18. The molecule has 0 atom stereocenters. The van der Waals surface area contributed by atoms with Crippen LogP contribution in [0.5, 0.6) is 0 Å². The van der Waals surface area contributed by atoms with Crippen LogP contribution in [0.15, 0.2) is 23.8 Å². The van der Waals surface area contributed by atoms with Crippen LogP contribution in [-0.2, 0) is 0 Å². The third-order valence-electron chi connectivity index (χ3n) is 3.00. The number of nitrogens with zero attached hydrogens (tertiary/aromatic N) is 3. The van der Waals surface area contributed by atoms with Gasteiger partial charge in [0.1, 0.15) is 23.5 Å². The van der Waals surface area contributed by atoms with Crippen molar-refractivity contribution in [3.05, 3.63) is 35.2 Å². The lowest BCUT2D eigenvalue weighted by molar-refractivity contribution is 0.624. The van der Waals surface area contributed by atoms with Crippen LogP contribution in [0.2, 0.25) is 0 Å². The van der Waals surface area contributed by atoms with Crippen LogP contribution in [0.4, 0.5) is 10.1 Å². The molecule has 0 saturated carbocycles. The van der Waals surface area contributed by atoms with Crippen LogP contribution >= 0.6 is 0 Å². The zero-order chi connectivity index (χ0) is 13.0. The smallest absolute Gasteiger partial charge is 0.132 e. The summed E-state index contributed by atoms with van der Waals surface area (Å²) in [7, 11) is 0. The number of benzene rings is 1. The van der Waals surface area contributed by atoms with Gasteiger partial charge in [-0.05, 0) is 37.1 Å².